The SMILES string of the molecule is CN(Cc1ccccn1)Cc1cc2c(C(=O)NCC34CC5CC(CC(C5)C3)C4)cccn2n1. The molecule has 4 aliphatic rings. The summed E-state index contributed by atoms with van der Waals surface area (Å²) in [7, 11) is 2.07. The van der Waals surface area contributed by atoms with Crippen LogP contribution in [0.3, 0.4) is 0 Å². The summed E-state index contributed by atoms with van der Waals surface area (Å²) < 4.78 is 1.84. The summed E-state index contributed by atoms with van der Waals surface area (Å²) in [6, 6.07) is 11.9. The van der Waals surface area contributed by atoms with Gasteiger partial charge in [0.1, 0.15) is 0 Å². The highest BCUT2D eigenvalue weighted by molar-refractivity contribution is 6.00. The Morgan fingerprint density at radius 1 is 1.06 bits per heavy atom. The number of aromatic nitrogens is 3. The number of hydrogen-bond donors (Lipinski definition) is 1. The lowest BCUT2D eigenvalue weighted by molar-refractivity contribution is -0.0503. The van der Waals surface area contributed by atoms with E-state index in [0.29, 0.717) is 17.5 Å². The van der Waals surface area contributed by atoms with Gasteiger partial charge in [0.05, 0.1) is 22.5 Å². The molecule has 6 heteroatoms. The van der Waals surface area contributed by atoms with Crippen molar-refractivity contribution in [3.8, 4) is 0 Å². The van der Waals surface area contributed by atoms with Crippen LogP contribution in [-0.4, -0.2) is 39.0 Å². The van der Waals surface area contributed by atoms with Crippen LogP contribution in [0.1, 0.15) is 60.3 Å². The second kappa shape index (κ2) is 8.24. The van der Waals surface area contributed by atoms with Gasteiger partial charge in [-0.05, 0) is 99.1 Å². The Bertz CT molecular complexity index is 1120. The molecule has 33 heavy (non-hydrogen) atoms. The van der Waals surface area contributed by atoms with Gasteiger partial charge in [-0.1, -0.05) is 6.07 Å². The molecule has 3 aromatic heterocycles. The van der Waals surface area contributed by atoms with Crippen LogP contribution in [0.5, 0.6) is 0 Å². The Kier molecular flexibility index (Phi) is 5.21. The van der Waals surface area contributed by atoms with E-state index in [0.717, 1.165) is 47.7 Å². The summed E-state index contributed by atoms with van der Waals surface area (Å²) in [6.07, 6.45) is 12.0. The quantitative estimate of drug-likeness (QED) is 0.591. The second-order valence-corrected chi connectivity index (χ2v) is 11.0. The monoisotopic (exact) mass is 443 g/mol. The molecule has 0 radical (unpaired) electrons. The normalized spacial score (nSPS) is 28.0. The standard InChI is InChI=1S/C27H33N5O/c1-31(16-22-5-2-3-7-28-22)17-23-12-25-24(6-4-8-32(25)30-23)26(33)29-18-27-13-19-9-20(14-27)11-21(10-19)15-27/h2-8,12,19-21H,9-11,13-18H2,1H3,(H,29,33). The average Bonchev–Trinajstić information content (AvgIpc) is 3.19. The first kappa shape index (κ1) is 20.8. The third kappa shape index (κ3) is 4.17. The van der Waals surface area contributed by atoms with Crippen LogP contribution in [-0.2, 0) is 13.1 Å². The fourth-order valence-corrected chi connectivity index (χ4v) is 7.31. The number of nitrogens with one attached hydrogen (secondary N) is 1. The van der Waals surface area contributed by atoms with Crippen molar-refractivity contribution in [1.82, 2.24) is 24.8 Å². The summed E-state index contributed by atoms with van der Waals surface area (Å²) in [5, 5.41) is 8.06. The summed E-state index contributed by atoms with van der Waals surface area (Å²) >= 11 is 0. The lowest BCUT2D eigenvalue weighted by Gasteiger charge is -2.56. The maximum absolute atomic E-state index is 13.3. The summed E-state index contributed by atoms with van der Waals surface area (Å²) in [5.41, 5.74) is 3.92. The molecule has 1 N–H and O–H groups in total. The zero-order chi connectivity index (χ0) is 22.4. The lowest BCUT2D eigenvalue weighted by Crippen LogP contribution is -2.51. The van der Waals surface area contributed by atoms with Crippen molar-refractivity contribution in [2.24, 2.45) is 23.2 Å². The smallest absolute Gasteiger partial charge is 0.253 e. The van der Waals surface area contributed by atoms with Crippen molar-refractivity contribution in [3.05, 3.63) is 65.7 Å². The molecule has 4 aliphatic carbocycles. The van der Waals surface area contributed by atoms with Gasteiger partial charge in [0.2, 0.25) is 0 Å². The van der Waals surface area contributed by atoms with Crippen molar-refractivity contribution in [2.75, 3.05) is 13.6 Å². The zero-order valence-corrected chi connectivity index (χ0v) is 19.4. The lowest BCUT2D eigenvalue weighted by atomic mass is 9.49. The molecule has 3 aromatic rings. The molecule has 0 spiro atoms. The fraction of sp³-hybridized carbons (Fsp3) is 0.519. The Balaban J connectivity index is 1.14. The van der Waals surface area contributed by atoms with Crippen LogP contribution in [0.25, 0.3) is 5.52 Å². The van der Waals surface area contributed by atoms with Gasteiger partial charge in [-0.25, -0.2) is 4.52 Å². The van der Waals surface area contributed by atoms with E-state index in [4.69, 9.17) is 5.10 Å². The van der Waals surface area contributed by atoms with E-state index in [1.165, 1.54) is 38.5 Å². The molecule has 172 valence electrons. The molecule has 1 amide bonds. The minimum atomic E-state index is 0.0321. The summed E-state index contributed by atoms with van der Waals surface area (Å²) in [5.74, 6) is 2.73. The van der Waals surface area contributed by atoms with Gasteiger partial charge in [0, 0.05) is 32.0 Å². The number of rotatable bonds is 7. The molecule has 0 unspecified atom stereocenters. The van der Waals surface area contributed by atoms with Gasteiger partial charge >= 0.3 is 0 Å². The summed E-state index contributed by atoms with van der Waals surface area (Å²) in [6.45, 7) is 2.28. The van der Waals surface area contributed by atoms with Crippen LogP contribution in [0.15, 0.2) is 48.8 Å². The Morgan fingerprint density at radius 2 is 1.79 bits per heavy atom. The molecule has 0 aromatic carbocycles. The van der Waals surface area contributed by atoms with E-state index in [2.05, 4.69) is 28.3 Å². The predicted octanol–water partition coefficient (Wildman–Crippen LogP) is 4.31. The number of fused-ring (bicyclic) bond motifs is 1. The zero-order valence-electron chi connectivity index (χ0n) is 19.4. The Morgan fingerprint density at radius 3 is 2.48 bits per heavy atom. The van der Waals surface area contributed by atoms with E-state index in [1.807, 2.05) is 47.2 Å². The maximum Gasteiger partial charge on any atom is 0.253 e. The van der Waals surface area contributed by atoms with E-state index in [9.17, 15) is 4.79 Å². The van der Waals surface area contributed by atoms with E-state index in [1.54, 1.807) is 0 Å². The van der Waals surface area contributed by atoms with Gasteiger partial charge in [-0.3, -0.25) is 14.7 Å². The third-order valence-corrected chi connectivity index (χ3v) is 8.18. The second-order valence-electron chi connectivity index (χ2n) is 11.0. The number of pyridine rings is 2. The van der Waals surface area contributed by atoms with Gasteiger partial charge in [0.15, 0.2) is 0 Å². The molecule has 4 fully saturated rings. The number of carbonyl (C=O) groups excluding carboxylic acids is 1. The first-order valence-corrected chi connectivity index (χ1v) is 12.4. The van der Waals surface area contributed by atoms with E-state index < -0.39 is 0 Å². The molecular formula is C27H33N5O. The predicted molar refractivity (Wildman–Crippen MR) is 128 cm³/mol. The highest BCUT2D eigenvalue weighted by atomic mass is 16.1. The fourth-order valence-electron chi connectivity index (χ4n) is 7.31. The molecule has 7 rings (SSSR count). The highest BCUT2D eigenvalue weighted by Gasteiger charge is 2.50. The largest absolute Gasteiger partial charge is 0.351 e. The van der Waals surface area contributed by atoms with E-state index >= 15 is 0 Å². The first-order valence-electron chi connectivity index (χ1n) is 12.4. The van der Waals surface area contributed by atoms with Gasteiger partial charge < -0.3 is 5.32 Å². The van der Waals surface area contributed by atoms with Crippen LogP contribution in [0.2, 0.25) is 0 Å². The Labute approximate surface area is 195 Å². The van der Waals surface area contributed by atoms with Crippen molar-refractivity contribution < 1.29 is 4.79 Å². The molecule has 0 atom stereocenters. The van der Waals surface area contributed by atoms with Gasteiger partial charge in [-0.15, -0.1) is 0 Å². The van der Waals surface area contributed by atoms with Crippen LogP contribution in [0.4, 0.5) is 0 Å². The van der Waals surface area contributed by atoms with Crippen LogP contribution in [0, 0.1) is 23.2 Å². The van der Waals surface area contributed by atoms with Crippen molar-refractivity contribution in [2.45, 2.75) is 51.6 Å². The molecule has 4 bridgehead atoms. The number of hydrogen-bond acceptors (Lipinski definition) is 4. The highest BCUT2D eigenvalue weighted by Crippen LogP contribution is 2.59. The van der Waals surface area contributed by atoms with Crippen molar-refractivity contribution >= 4 is 11.4 Å². The molecule has 6 nitrogen and oxygen atoms in total. The van der Waals surface area contributed by atoms with Crippen molar-refractivity contribution in [1.29, 1.82) is 0 Å². The van der Waals surface area contributed by atoms with Crippen molar-refractivity contribution in [3.63, 3.8) is 0 Å². The maximum atomic E-state index is 13.3. The van der Waals surface area contributed by atoms with Gasteiger partial charge in [-0.2, -0.15) is 5.10 Å². The minimum absolute atomic E-state index is 0.0321. The number of carbonyl (C=O) groups is 1. The topological polar surface area (TPSA) is 62.5 Å². The molecular weight excluding hydrogens is 410 g/mol. The molecule has 4 saturated carbocycles. The average molecular weight is 444 g/mol. The van der Waals surface area contributed by atoms with Gasteiger partial charge in [0.25, 0.3) is 5.91 Å². The van der Waals surface area contributed by atoms with Crippen LogP contribution < -0.4 is 5.32 Å². The van der Waals surface area contributed by atoms with Crippen LogP contribution >= 0.6 is 0 Å². The number of nitrogens with zero attached hydrogens (tertiary/aromatic N) is 4. The van der Waals surface area contributed by atoms with E-state index in [-0.39, 0.29) is 5.91 Å². The number of amides is 1. The first-order chi connectivity index (χ1) is 16.1. The molecule has 3 heterocycles. The molecule has 0 aliphatic heterocycles. The minimum Gasteiger partial charge on any atom is -0.351 e. The Hall–Kier alpha value is -2.73. The third-order valence-electron chi connectivity index (χ3n) is 8.18. The summed E-state index contributed by atoms with van der Waals surface area (Å²) in [4.78, 5) is 19.9. The molecule has 0 saturated heterocycles.